The van der Waals surface area contributed by atoms with Crippen molar-refractivity contribution < 1.29 is 5.11 Å². The summed E-state index contributed by atoms with van der Waals surface area (Å²) in [5.41, 5.74) is -0.614. The molecule has 1 N–H and O–H groups in total. The summed E-state index contributed by atoms with van der Waals surface area (Å²) in [5.74, 6) is 1.14. The van der Waals surface area contributed by atoms with E-state index in [4.69, 9.17) is 0 Å². The first-order chi connectivity index (χ1) is 11.4. The quantitative estimate of drug-likeness (QED) is 0.723. The van der Waals surface area contributed by atoms with Gasteiger partial charge in [0.1, 0.15) is 0 Å². The fraction of sp³-hybridized carbons (Fsp3) is 0.700. The van der Waals surface area contributed by atoms with Crippen molar-refractivity contribution in [3.63, 3.8) is 0 Å². The highest BCUT2D eigenvalue weighted by atomic mass is 32.2. The monoisotopic (exact) mass is 350 g/mol. The third kappa shape index (κ3) is 6.07. The Kier molecular flexibility index (Phi) is 7.60. The minimum absolute atomic E-state index is 0.556. The topological polar surface area (TPSA) is 26.7 Å². The van der Waals surface area contributed by atoms with E-state index in [-0.39, 0.29) is 0 Å². The lowest BCUT2D eigenvalue weighted by Gasteiger charge is -2.47. The molecule has 0 amide bonds. The summed E-state index contributed by atoms with van der Waals surface area (Å²) in [7, 11) is 0. The zero-order valence-corrected chi connectivity index (χ0v) is 16.6. The van der Waals surface area contributed by atoms with Gasteiger partial charge < -0.3 is 5.11 Å². The fourth-order valence-corrected chi connectivity index (χ4v) is 4.52. The maximum Gasteiger partial charge on any atom is 0.0718 e. The number of rotatable bonds is 8. The van der Waals surface area contributed by atoms with Gasteiger partial charge in [-0.05, 0) is 38.8 Å². The smallest absolute Gasteiger partial charge is 0.0718 e. The lowest BCUT2D eigenvalue weighted by molar-refractivity contribution is -0.0281. The molecule has 1 aliphatic heterocycles. The predicted octanol–water partition coefficient (Wildman–Crippen LogP) is 3.72. The number of nitrogens with zero attached hydrogens (tertiary/aromatic N) is 2. The number of β-amino-alcohol motifs (C(OH)–C–C–N with tert-alkyl or cyclic N) is 1. The number of thioether (sulfide) groups is 1. The van der Waals surface area contributed by atoms with Crippen molar-refractivity contribution in [2.75, 3.05) is 31.9 Å². The lowest BCUT2D eigenvalue weighted by Crippen LogP contribution is -2.60. The SMILES string of the molecule is CC[C@H]1CN(CC(C)(C)O)[C@@H](CC)CN1CCSc1ccccc1. The van der Waals surface area contributed by atoms with Gasteiger partial charge in [0.2, 0.25) is 0 Å². The highest BCUT2D eigenvalue weighted by Crippen LogP contribution is 2.23. The first-order valence-corrected chi connectivity index (χ1v) is 10.3. The molecule has 24 heavy (non-hydrogen) atoms. The Balaban J connectivity index is 1.90. The molecule has 0 aliphatic carbocycles. The molecule has 136 valence electrons. The first kappa shape index (κ1) is 19.8. The van der Waals surface area contributed by atoms with E-state index < -0.39 is 5.60 Å². The van der Waals surface area contributed by atoms with Gasteiger partial charge in [-0.15, -0.1) is 11.8 Å². The Morgan fingerprint density at radius 1 is 1.04 bits per heavy atom. The van der Waals surface area contributed by atoms with Crippen LogP contribution in [0.25, 0.3) is 0 Å². The van der Waals surface area contributed by atoms with Gasteiger partial charge in [-0.3, -0.25) is 9.80 Å². The summed E-state index contributed by atoms with van der Waals surface area (Å²) in [4.78, 5) is 6.54. The fourth-order valence-electron chi connectivity index (χ4n) is 3.61. The van der Waals surface area contributed by atoms with Gasteiger partial charge in [0.05, 0.1) is 5.60 Å². The van der Waals surface area contributed by atoms with Gasteiger partial charge in [-0.1, -0.05) is 32.0 Å². The normalized spacial score (nSPS) is 23.5. The summed E-state index contributed by atoms with van der Waals surface area (Å²) in [6, 6.07) is 11.8. The standard InChI is InChI=1S/C20H34N2OS/c1-5-17-15-22(16-20(3,4)23)18(6-2)14-21(17)12-13-24-19-10-8-7-9-11-19/h7-11,17-18,23H,5-6,12-16H2,1-4H3/t17-,18-/m0/s1. The van der Waals surface area contributed by atoms with Crippen molar-refractivity contribution in [1.82, 2.24) is 9.80 Å². The average Bonchev–Trinajstić information content (AvgIpc) is 2.55. The van der Waals surface area contributed by atoms with Crippen LogP contribution in [0, 0.1) is 0 Å². The molecule has 1 fully saturated rings. The van der Waals surface area contributed by atoms with Gasteiger partial charge in [0.15, 0.2) is 0 Å². The van der Waals surface area contributed by atoms with E-state index in [2.05, 4.69) is 54.0 Å². The van der Waals surface area contributed by atoms with Crippen LogP contribution in [0.15, 0.2) is 35.2 Å². The van der Waals surface area contributed by atoms with Gasteiger partial charge in [-0.2, -0.15) is 0 Å². The van der Waals surface area contributed by atoms with E-state index >= 15 is 0 Å². The molecule has 1 aromatic rings. The zero-order chi connectivity index (χ0) is 17.6. The molecule has 1 heterocycles. The molecule has 0 saturated carbocycles. The van der Waals surface area contributed by atoms with Crippen LogP contribution < -0.4 is 0 Å². The maximum atomic E-state index is 10.2. The molecule has 0 bridgehead atoms. The van der Waals surface area contributed by atoms with Crippen molar-refractivity contribution in [2.45, 2.75) is 63.1 Å². The molecule has 1 aliphatic rings. The largest absolute Gasteiger partial charge is 0.389 e. The second-order valence-electron chi connectivity index (χ2n) is 7.52. The van der Waals surface area contributed by atoms with Crippen LogP contribution in [-0.4, -0.2) is 64.5 Å². The van der Waals surface area contributed by atoms with Crippen LogP contribution in [0.1, 0.15) is 40.5 Å². The summed E-state index contributed by atoms with van der Waals surface area (Å²) >= 11 is 1.95. The van der Waals surface area contributed by atoms with E-state index in [0.717, 1.165) is 38.4 Å². The molecule has 0 unspecified atom stereocenters. The highest BCUT2D eigenvalue weighted by molar-refractivity contribution is 7.99. The maximum absolute atomic E-state index is 10.2. The molecule has 2 rings (SSSR count). The van der Waals surface area contributed by atoms with Crippen molar-refractivity contribution in [3.8, 4) is 0 Å². The van der Waals surface area contributed by atoms with E-state index in [1.54, 1.807) is 0 Å². The van der Waals surface area contributed by atoms with Crippen LogP contribution in [0.2, 0.25) is 0 Å². The van der Waals surface area contributed by atoms with E-state index in [0.29, 0.717) is 12.1 Å². The third-order valence-electron chi connectivity index (χ3n) is 4.85. The van der Waals surface area contributed by atoms with Gasteiger partial charge in [0.25, 0.3) is 0 Å². The Labute approximate surface area is 152 Å². The number of hydrogen-bond acceptors (Lipinski definition) is 4. The van der Waals surface area contributed by atoms with Crippen LogP contribution in [0.3, 0.4) is 0 Å². The minimum atomic E-state index is -0.614. The van der Waals surface area contributed by atoms with Crippen LogP contribution in [0.5, 0.6) is 0 Å². The second kappa shape index (κ2) is 9.23. The van der Waals surface area contributed by atoms with E-state index in [1.165, 1.54) is 11.3 Å². The Bertz CT molecular complexity index is 474. The van der Waals surface area contributed by atoms with Gasteiger partial charge >= 0.3 is 0 Å². The van der Waals surface area contributed by atoms with Crippen molar-refractivity contribution in [2.24, 2.45) is 0 Å². The Morgan fingerprint density at radius 2 is 1.62 bits per heavy atom. The summed E-state index contributed by atoms with van der Waals surface area (Å²) in [6.45, 7) is 12.5. The first-order valence-electron chi connectivity index (χ1n) is 9.31. The van der Waals surface area contributed by atoms with Crippen LogP contribution >= 0.6 is 11.8 Å². The van der Waals surface area contributed by atoms with Crippen LogP contribution in [0.4, 0.5) is 0 Å². The highest BCUT2D eigenvalue weighted by Gasteiger charge is 2.33. The zero-order valence-electron chi connectivity index (χ0n) is 15.7. The Hall–Kier alpha value is -0.550. The van der Waals surface area contributed by atoms with Crippen LogP contribution in [-0.2, 0) is 0 Å². The average molecular weight is 351 g/mol. The lowest BCUT2D eigenvalue weighted by atomic mass is 9.99. The van der Waals surface area contributed by atoms with Gasteiger partial charge in [-0.25, -0.2) is 0 Å². The molecule has 1 aromatic carbocycles. The van der Waals surface area contributed by atoms with Crippen molar-refractivity contribution in [1.29, 1.82) is 0 Å². The minimum Gasteiger partial charge on any atom is -0.389 e. The molecule has 1 saturated heterocycles. The molecule has 0 aromatic heterocycles. The predicted molar refractivity (Wildman–Crippen MR) is 105 cm³/mol. The number of benzene rings is 1. The number of aliphatic hydroxyl groups is 1. The van der Waals surface area contributed by atoms with Gasteiger partial charge in [0, 0.05) is 48.9 Å². The molecule has 3 nitrogen and oxygen atoms in total. The third-order valence-corrected chi connectivity index (χ3v) is 5.84. The molecular formula is C20H34N2OS. The molecular weight excluding hydrogens is 316 g/mol. The molecule has 0 spiro atoms. The summed E-state index contributed by atoms with van der Waals surface area (Å²) in [6.07, 6.45) is 2.32. The molecule has 4 heteroatoms. The van der Waals surface area contributed by atoms with E-state index in [1.807, 2.05) is 25.6 Å². The van der Waals surface area contributed by atoms with Crippen molar-refractivity contribution >= 4 is 11.8 Å². The molecule has 0 radical (unpaired) electrons. The van der Waals surface area contributed by atoms with E-state index in [9.17, 15) is 5.11 Å². The number of hydrogen-bond donors (Lipinski definition) is 1. The molecule has 2 atom stereocenters. The summed E-state index contributed by atoms with van der Waals surface area (Å²) < 4.78 is 0. The summed E-state index contributed by atoms with van der Waals surface area (Å²) in [5, 5.41) is 10.2. The number of piperazine rings is 1. The second-order valence-corrected chi connectivity index (χ2v) is 8.69. The van der Waals surface area contributed by atoms with Crippen molar-refractivity contribution in [3.05, 3.63) is 30.3 Å². The Morgan fingerprint density at radius 3 is 2.21 bits per heavy atom.